The summed E-state index contributed by atoms with van der Waals surface area (Å²) < 4.78 is 0. The molecule has 1 aliphatic heterocycles. The largest absolute Gasteiger partial charge is 0.480 e. The first kappa shape index (κ1) is 14.9. The van der Waals surface area contributed by atoms with E-state index < -0.39 is 12.0 Å². The molecule has 2 rings (SSSR count). The Morgan fingerprint density at radius 1 is 1.40 bits per heavy atom. The van der Waals surface area contributed by atoms with E-state index in [4.69, 9.17) is 11.6 Å². The summed E-state index contributed by atoms with van der Waals surface area (Å²) in [5.41, 5.74) is 1.29. The highest BCUT2D eigenvalue weighted by Gasteiger charge is 2.37. The van der Waals surface area contributed by atoms with Crippen molar-refractivity contribution in [1.29, 1.82) is 0 Å². The number of aryl methyl sites for hydroxylation is 1. The topological polar surface area (TPSA) is 57.6 Å². The first-order valence-corrected chi connectivity index (χ1v) is 7.09. The zero-order valence-corrected chi connectivity index (χ0v) is 12.4. The zero-order chi connectivity index (χ0) is 14.9. The molecule has 0 aliphatic carbocycles. The van der Waals surface area contributed by atoms with Crippen LogP contribution in [0.1, 0.15) is 35.7 Å². The van der Waals surface area contributed by atoms with E-state index in [-0.39, 0.29) is 11.8 Å². The number of likely N-dealkylation sites (tertiary alicyclic amines) is 1. The molecule has 2 atom stereocenters. The van der Waals surface area contributed by atoms with Crippen LogP contribution in [0.15, 0.2) is 18.2 Å². The van der Waals surface area contributed by atoms with Crippen molar-refractivity contribution < 1.29 is 14.7 Å². The van der Waals surface area contributed by atoms with Crippen molar-refractivity contribution in [2.24, 2.45) is 5.92 Å². The van der Waals surface area contributed by atoms with Gasteiger partial charge < -0.3 is 10.0 Å². The number of carboxylic acids is 1. The molecule has 1 amide bonds. The van der Waals surface area contributed by atoms with Gasteiger partial charge in [0, 0.05) is 17.1 Å². The third-order valence-corrected chi connectivity index (χ3v) is 4.11. The fraction of sp³-hybridized carbons (Fsp3) is 0.467. The molecule has 0 bridgehead atoms. The Morgan fingerprint density at radius 2 is 2.10 bits per heavy atom. The van der Waals surface area contributed by atoms with Crippen LogP contribution in [0.2, 0.25) is 5.02 Å². The first-order chi connectivity index (χ1) is 9.41. The van der Waals surface area contributed by atoms with Gasteiger partial charge in [-0.05, 0) is 43.4 Å². The number of amides is 1. The molecule has 0 spiro atoms. The van der Waals surface area contributed by atoms with Gasteiger partial charge in [-0.15, -0.1) is 0 Å². The summed E-state index contributed by atoms with van der Waals surface area (Å²) in [7, 11) is 0. The average Bonchev–Trinajstić information content (AvgIpc) is 2.40. The number of piperidine rings is 1. The van der Waals surface area contributed by atoms with Gasteiger partial charge >= 0.3 is 5.97 Å². The molecular weight excluding hydrogens is 278 g/mol. The van der Waals surface area contributed by atoms with Gasteiger partial charge in [-0.2, -0.15) is 0 Å². The van der Waals surface area contributed by atoms with Crippen LogP contribution in [-0.2, 0) is 4.79 Å². The standard InChI is InChI=1S/C15H18ClNO3/c1-9-5-6-11(16)8-12(9)14(18)17-7-3-4-10(2)13(17)15(19)20/h5-6,8,10,13H,3-4,7H2,1-2H3,(H,19,20). The molecule has 20 heavy (non-hydrogen) atoms. The first-order valence-electron chi connectivity index (χ1n) is 6.71. The molecule has 4 nitrogen and oxygen atoms in total. The van der Waals surface area contributed by atoms with Gasteiger partial charge in [0.15, 0.2) is 0 Å². The van der Waals surface area contributed by atoms with Crippen LogP contribution in [0.3, 0.4) is 0 Å². The molecule has 0 saturated carbocycles. The van der Waals surface area contributed by atoms with Crippen molar-refractivity contribution in [3.05, 3.63) is 34.3 Å². The van der Waals surface area contributed by atoms with Crippen molar-refractivity contribution in [3.8, 4) is 0 Å². The number of carbonyl (C=O) groups excluding carboxylic acids is 1. The fourth-order valence-corrected chi connectivity index (χ4v) is 2.94. The highest BCUT2D eigenvalue weighted by Crippen LogP contribution is 2.26. The summed E-state index contributed by atoms with van der Waals surface area (Å²) in [5, 5.41) is 9.86. The smallest absolute Gasteiger partial charge is 0.326 e. The zero-order valence-electron chi connectivity index (χ0n) is 11.6. The molecule has 1 aromatic carbocycles. The lowest BCUT2D eigenvalue weighted by Gasteiger charge is -2.37. The van der Waals surface area contributed by atoms with Gasteiger partial charge in [0.1, 0.15) is 6.04 Å². The maximum Gasteiger partial charge on any atom is 0.326 e. The molecule has 1 N–H and O–H groups in total. The Labute approximate surface area is 123 Å². The van der Waals surface area contributed by atoms with Crippen LogP contribution in [0.4, 0.5) is 0 Å². The van der Waals surface area contributed by atoms with Gasteiger partial charge in [0.2, 0.25) is 0 Å². The number of hydrogen-bond donors (Lipinski definition) is 1. The number of carboxylic acid groups (broad SMARTS) is 1. The highest BCUT2D eigenvalue weighted by atomic mass is 35.5. The molecule has 5 heteroatoms. The number of hydrogen-bond acceptors (Lipinski definition) is 2. The number of rotatable bonds is 2. The Kier molecular flexibility index (Phi) is 4.33. The van der Waals surface area contributed by atoms with Gasteiger partial charge in [-0.3, -0.25) is 4.79 Å². The predicted molar refractivity (Wildman–Crippen MR) is 77.0 cm³/mol. The molecule has 1 saturated heterocycles. The molecule has 108 valence electrons. The van der Waals surface area contributed by atoms with E-state index >= 15 is 0 Å². The van der Waals surface area contributed by atoms with E-state index in [1.54, 1.807) is 18.2 Å². The lowest BCUT2D eigenvalue weighted by Crippen LogP contribution is -2.52. The quantitative estimate of drug-likeness (QED) is 0.912. The van der Waals surface area contributed by atoms with Crippen molar-refractivity contribution in [1.82, 2.24) is 4.90 Å². The Balaban J connectivity index is 2.35. The summed E-state index contributed by atoms with van der Waals surface area (Å²) >= 11 is 5.94. The molecule has 1 aliphatic rings. The van der Waals surface area contributed by atoms with Gasteiger partial charge in [0.05, 0.1) is 0 Å². The predicted octanol–water partition coefficient (Wildman–Crippen LogP) is 2.97. The second kappa shape index (κ2) is 5.83. The molecule has 1 heterocycles. The Hall–Kier alpha value is -1.55. The van der Waals surface area contributed by atoms with Crippen molar-refractivity contribution in [3.63, 3.8) is 0 Å². The lowest BCUT2D eigenvalue weighted by molar-refractivity contribution is -0.145. The highest BCUT2D eigenvalue weighted by molar-refractivity contribution is 6.31. The van der Waals surface area contributed by atoms with Gasteiger partial charge in [0.25, 0.3) is 5.91 Å². The number of carbonyl (C=O) groups is 2. The van der Waals surface area contributed by atoms with E-state index in [0.717, 1.165) is 18.4 Å². The molecular formula is C15H18ClNO3. The molecule has 1 aromatic rings. The Bertz CT molecular complexity index is 544. The van der Waals surface area contributed by atoms with Gasteiger partial charge in [-0.1, -0.05) is 24.6 Å². The minimum absolute atomic E-state index is 0.0373. The van der Waals surface area contributed by atoms with Crippen LogP contribution in [0, 0.1) is 12.8 Å². The third kappa shape index (κ3) is 2.80. The third-order valence-electron chi connectivity index (χ3n) is 3.88. The van der Waals surface area contributed by atoms with E-state index in [0.29, 0.717) is 17.1 Å². The van der Waals surface area contributed by atoms with Gasteiger partial charge in [-0.25, -0.2) is 4.79 Å². The summed E-state index contributed by atoms with van der Waals surface area (Å²) in [6.45, 7) is 4.18. The summed E-state index contributed by atoms with van der Waals surface area (Å²) in [6, 6.07) is 4.35. The average molecular weight is 296 g/mol. The van der Waals surface area contributed by atoms with E-state index in [1.807, 2.05) is 13.8 Å². The van der Waals surface area contributed by atoms with E-state index in [1.165, 1.54) is 4.90 Å². The van der Waals surface area contributed by atoms with Crippen LogP contribution >= 0.6 is 11.6 Å². The lowest BCUT2D eigenvalue weighted by atomic mass is 9.90. The fourth-order valence-electron chi connectivity index (χ4n) is 2.77. The van der Waals surface area contributed by atoms with E-state index in [9.17, 15) is 14.7 Å². The maximum atomic E-state index is 12.6. The number of nitrogens with zero attached hydrogens (tertiary/aromatic N) is 1. The Morgan fingerprint density at radius 3 is 2.75 bits per heavy atom. The minimum Gasteiger partial charge on any atom is -0.480 e. The number of benzene rings is 1. The minimum atomic E-state index is -0.940. The van der Waals surface area contributed by atoms with Crippen LogP contribution in [0.5, 0.6) is 0 Å². The second-order valence-electron chi connectivity index (χ2n) is 5.36. The summed E-state index contributed by atoms with van der Waals surface area (Å²) in [4.78, 5) is 25.5. The molecule has 2 unspecified atom stereocenters. The molecule has 0 aromatic heterocycles. The van der Waals surface area contributed by atoms with Crippen LogP contribution in [0.25, 0.3) is 0 Å². The van der Waals surface area contributed by atoms with Crippen molar-refractivity contribution in [2.45, 2.75) is 32.7 Å². The SMILES string of the molecule is Cc1ccc(Cl)cc1C(=O)N1CCCC(C)C1C(=O)O. The monoisotopic (exact) mass is 295 g/mol. The second-order valence-corrected chi connectivity index (χ2v) is 5.80. The van der Waals surface area contributed by atoms with Crippen molar-refractivity contribution in [2.75, 3.05) is 6.54 Å². The van der Waals surface area contributed by atoms with Crippen LogP contribution < -0.4 is 0 Å². The maximum absolute atomic E-state index is 12.6. The number of aliphatic carboxylic acids is 1. The summed E-state index contributed by atoms with van der Waals surface area (Å²) in [5.74, 6) is -1.22. The van der Waals surface area contributed by atoms with E-state index in [2.05, 4.69) is 0 Å². The summed E-state index contributed by atoms with van der Waals surface area (Å²) in [6.07, 6.45) is 1.66. The molecule has 0 radical (unpaired) electrons. The molecule has 1 fully saturated rings. The normalized spacial score (nSPS) is 22.6. The van der Waals surface area contributed by atoms with Crippen LogP contribution in [-0.4, -0.2) is 34.5 Å². The number of halogens is 1. The van der Waals surface area contributed by atoms with Crippen molar-refractivity contribution >= 4 is 23.5 Å².